The maximum Gasteiger partial charge on any atom is 0.409 e. The molecule has 2 aliphatic rings. The minimum absolute atomic E-state index is 0.0493. The standard InChI is InChI=1S/C25H30F2N2O3/c1-28-14-12-23(32-24(28)30)13-17-29-15-10-20(11-16-29)25(31,18-2-6-21(26)7-3-18)19-4-8-22(27)9-5-19/h2-9,20,23,31H,10-17H2,1H3. The van der Waals surface area contributed by atoms with Crippen molar-refractivity contribution < 1.29 is 23.4 Å². The Bertz CT molecular complexity index is 866. The van der Waals surface area contributed by atoms with Crippen molar-refractivity contribution in [3.63, 3.8) is 0 Å². The molecule has 0 aliphatic carbocycles. The van der Waals surface area contributed by atoms with Gasteiger partial charge in [-0.1, -0.05) is 24.3 Å². The highest BCUT2D eigenvalue weighted by Crippen LogP contribution is 2.42. The Hall–Kier alpha value is -2.51. The van der Waals surface area contributed by atoms with Crippen LogP contribution in [0.1, 0.15) is 36.8 Å². The van der Waals surface area contributed by atoms with Gasteiger partial charge in [0.25, 0.3) is 0 Å². The average molecular weight is 445 g/mol. The second-order valence-electron chi connectivity index (χ2n) is 8.90. The first-order valence-electron chi connectivity index (χ1n) is 11.2. The minimum atomic E-state index is -1.32. The Morgan fingerprint density at radius 2 is 1.47 bits per heavy atom. The number of amides is 1. The molecule has 5 nitrogen and oxygen atoms in total. The van der Waals surface area contributed by atoms with Gasteiger partial charge in [-0.2, -0.15) is 0 Å². The van der Waals surface area contributed by atoms with E-state index in [2.05, 4.69) is 4.90 Å². The van der Waals surface area contributed by atoms with Crippen LogP contribution >= 0.6 is 0 Å². The molecule has 2 aliphatic heterocycles. The van der Waals surface area contributed by atoms with Gasteiger partial charge in [0.1, 0.15) is 23.3 Å². The fourth-order valence-electron chi connectivity index (χ4n) is 4.87. The van der Waals surface area contributed by atoms with E-state index in [1.807, 2.05) is 0 Å². The summed E-state index contributed by atoms with van der Waals surface area (Å²) in [5.41, 5.74) is -0.0962. The lowest BCUT2D eigenvalue weighted by Gasteiger charge is -2.42. The molecule has 1 N–H and O–H groups in total. The Morgan fingerprint density at radius 1 is 0.938 bits per heavy atom. The van der Waals surface area contributed by atoms with Crippen molar-refractivity contribution in [2.75, 3.05) is 33.2 Å². The van der Waals surface area contributed by atoms with Gasteiger partial charge in [-0.15, -0.1) is 0 Å². The second-order valence-corrected chi connectivity index (χ2v) is 8.90. The molecule has 32 heavy (non-hydrogen) atoms. The Balaban J connectivity index is 1.43. The molecule has 0 saturated carbocycles. The van der Waals surface area contributed by atoms with E-state index in [1.54, 1.807) is 36.2 Å². The van der Waals surface area contributed by atoms with Crippen molar-refractivity contribution >= 4 is 6.09 Å². The van der Waals surface area contributed by atoms with E-state index in [-0.39, 0.29) is 29.7 Å². The van der Waals surface area contributed by atoms with E-state index in [0.29, 0.717) is 17.7 Å². The summed E-state index contributed by atoms with van der Waals surface area (Å²) in [6.45, 7) is 3.15. The van der Waals surface area contributed by atoms with Crippen LogP contribution in [0.4, 0.5) is 13.6 Å². The lowest BCUT2D eigenvalue weighted by molar-refractivity contribution is -0.0182. The fraction of sp³-hybridized carbons (Fsp3) is 0.480. The van der Waals surface area contributed by atoms with Gasteiger partial charge in [0.05, 0.1) is 0 Å². The molecule has 172 valence electrons. The van der Waals surface area contributed by atoms with E-state index in [0.717, 1.165) is 45.3 Å². The van der Waals surface area contributed by atoms with Crippen molar-refractivity contribution in [1.29, 1.82) is 0 Å². The summed E-state index contributed by atoms with van der Waals surface area (Å²) >= 11 is 0. The number of nitrogens with zero attached hydrogens (tertiary/aromatic N) is 2. The molecule has 0 bridgehead atoms. The zero-order chi connectivity index (χ0) is 22.7. The Kier molecular flexibility index (Phi) is 6.76. The molecular weight excluding hydrogens is 414 g/mol. The third-order valence-electron chi connectivity index (χ3n) is 6.88. The summed E-state index contributed by atoms with van der Waals surface area (Å²) in [4.78, 5) is 15.7. The predicted octanol–water partition coefficient (Wildman–Crippen LogP) is 4.14. The normalized spacial score (nSPS) is 20.9. The van der Waals surface area contributed by atoms with E-state index in [9.17, 15) is 18.7 Å². The molecule has 2 heterocycles. The molecule has 1 atom stereocenters. The maximum atomic E-state index is 13.5. The van der Waals surface area contributed by atoms with Gasteiger partial charge in [0, 0.05) is 26.6 Å². The topological polar surface area (TPSA) is 53.0 Å². The first-order chi connectivity index (χ1) is 15.4. The summed E-state index contributed by atoms with van der Waals surface area (Å²) in [6.07, 6.45) is 2.82. The number of rotatable bonds is 6. The van der Waals surface area contributed by atoms with E-state index in [1.165, 1.54) is 24.3 Å². The van der Waals surface area contributed by atoms with Crippen molar-refractivity contribution in [2.24, 2.45) is 5.92 Å². The van der Waals surface area contributed by atoms with Crippen LogP contribution in [-0.2, 0) is 10.3 Å². The summed E-state index contributed by atoms with van der Waals surface area (Å²) in [5, 5.41) is 11.9. The molecule has 2 aromatic rings. The van der Waals surface area contributed by atoms with Crippen molar-refractivity contribution in [3.05, 3.63) is 71.3 Å². The van der Waals surface area contributed by atoms with Crippen LogP contribution in [0.5, 0.6) is 0 Å². The van der Waals surface area contributed by atoms with Crippen LogP contribution in [0.3, 0.4) is 0 Å². The number of hydrogen-bond acceptors (Lipinski definition) is 4. The van der Waals surface area contributed by atoms with Crippen LogP contribution in [0.15, 0.2) is 48.5 Å². The van der Waals surface area contributed by atoms with Gasteiger partial charge in [-0.25, -0.2) is 13.6 Å². The Labute approximate surface area is 187 Å². The molecule has 2 aromatic carbocycles. The SMILES string of the molecule is CN1CCC(CCN2CCC(C(O)(c3ccc(F)cc3)c3ccc(F)cc3)CC2)OC1=O. The van der Waals surface area contributed by atoms with E-state index < -0.39 is 5.60 Å². The van der Waals surface area contributed by atoms with Crippen LogP contribution in [0.2, 0.25) is 0 Å². The van der Waals surface area contributed by atoms with Crippen molar-refractivity contribution in [1.82, 2.24) is 9.80 Å². The molecule has 1 amide bonds. The number of benzene rings is 2. The largest absolute Gasteiger partial charge is 0.446 e. The number of cyclic esters (lactones) is 1. The average Bonchev–Trinajstić information content (AvgIpc) is 2.80. The summed E-state index contributed by atoms with van der Waals surface area (Å²) in [6, 6.07) is 11.8. The minimum Gasteiger partial charge on any atom is -0.446 e. The van der Waals surface area contributed by atoms with Gasteiger partial charge in [-0.3, -0.25) is 0 Å². The maximum absolute atomic E-state index is 13.5. The molecule has 7 heteroatoms. The number of halogens is 2. The zero-order valence-electron chi connectivity index (χ0n) is 18.3. The van der Waals surface area contributed by atoms with Gasteiger partial charge in [0.15, 0.2) is 0 Å². The van der Waals surface area contributed by atoms with Crippen LogP contribution in [0.25, 0.3) is 0 Å². The first kappa shape index (κ1) is 22.7. The number of aliphatic hydroxyl groups is 1. The van der Waals surface area contributed by atoms with Gasteiger partial charge in [0.2, 0.25) is 0 Å². The highest BCUT2D eigenvalue weighted by atomic mass is 19.1. The lowest BCUT2D eigenvalue weighted by atomic mass is 9.72. The summed E-state index contributed by atoms with van der Waals surface area (Å²) in [7, 11) is 1.74. The number of ether oxygens (including phenoxy) is 1. The second kappa shape index (κ2) is 9.55. The summed E-state index contributed by atoms with van der Waals surface area (Å²) in [5.74, 6) is -0.810. The molecule has 4 rings (SSSR count). The van der Waals surface area contributed by atoms with Crippen molar-refractivity contribution in [2.45, 2.75) is 37.4 Å². The highest BCUT2D eigenvalue weighted by Gasteiger charge is 2.41. The number of hydrogen-bond donors (Lipinski definition) is 1. The lowest BCUT2D eigenvalue weighted by Crippen LogP contribution is -2.45. The molecule has 0 spiro atoms. The fourth-order valence-corrected chi connectivity index (χ4v) is 4.87. The predicted molar refractivity (Wildman–Crippen MR) is 117 cm³/mol. The zero-order valence-corrected chi connectivity index (χ0v) is 18.3. The van der Waals surface area contributed by atoms with Gasteiger partial charge >= 0.3 is 6.09 Å². The number of likely N-dealkylation sites (tertiary alicyclic amines) is 1. The van der Waals surface area contributed by atoms with Gasteiger partial charge < -0.3 is 19.6 Å². The monoisotopic (exact) mass is 444 g/mol. The molecule has 2 fully saturated rings. The van der Waals surface area contributed by atoms with E-state index >= 15 is 0 Å². The number of carbonyl (C=O) groups is 1. The molecule has 2 saturated heterocycles. The third-order valence-corrected chi connectivity index (χ3v) is 6.88. The van der Waals surface area contributed by atoms with Crippen LogP contribution < -0.4 is 0 Å². The smallest absolute Gasteiger partial charge is 0.409 e. The van der Waals surface area contributed by atoms with Crippen LogP contribution in [0, 0.1) is 17.6 Å². The molecule has 0 radical (unpaired) electrons. The molecule has 1 unspecified atom stereocenters. The first-order valence-corrected chi connectivity index (χ1v) is 11.2. The molecule has 0 aromatic heterocycles. The van der Waals surface area contributed by atoms with E-state index in [4.69, 9.17) is 4.74 Å². The highest BCUT2D eigenvalue weighted by molar-refractivity contribution is 5.68. The van der Waals surface area contributed by atoms with Crippen molar-refractivity contribution in [3.8, 4) is 0 Å². The number of carbonyl (C=O) groups excluding carboxylic acids is 1. The summed E-state index contributed by atoms with van der Waals surface area (Å²) < 4.78 is 32.5. The van der Waals surface area contributed by atoms with Crippen LogP contribution in [-0.4, -0.2) is 60.3 Å². The molecular formula is C25H30F2N2O3. The Morgan fingerprint density at radius 3 is 1.97 bits per heavy atom. The quantitative estimate of drug-likeness (QED) is 0.728. The van der Waals surface area contributed by atoms with Gasteiger partial charge in [-0.05, 0) is 73.7 Å². The number of piperidine rings is 1. The third kappa shape index (κ3) is 4.79.